The molecule has 2 heterocycles. The van der Waals surface area contributed by atoms with Gasteiger partial charge < -0.3 is 20.5 Å². The Labute approximate surface area is 253 Å². The molecule has 3 N–H and O–H groups in total. The highest BCUT2D eigenvalue weighted by Crippen LogP contribution is 2.39. The lowest BCUT2D eigenvalue weighted by Gasteiger charge is -2.28. The highest BCUT2D eigenvalue weighted by atomic mass is 35.5. The molecule has 0 radical (unpaired) electrons. The lowest BCUT2D eigenvalue weighted by Crippen LogP contribution is -2.41. The van der Waals surface area contributed by atoms with E-state index < -0.39 is 11.5 Å². The Balaban J connectivity index is 1.44. The second-order valence-corrected chi connectivity index (χ2v) is 10.7. The molecule has 1 aliphatic carbocycles. The summed E-state index contributed by atoms with van der Waals surface area (Å²) in [7, 11) is 3.01. The van der Waals surface area contributed by atoms with E-state index in [0.717, 1.165) is 35.9 Å². The Morgan fingerprint density at radius 2 is 1.86 bits per heavy atom. The molecule has 1 amide bonds. The lowest BCUT2D eigenvalue weighted by atomic mass is 9.92. The van der Waals surface area contributed by atoms with Gasteiger partial charge in [0.25, 0.3) is 11.5 Å². The van der Waals surface area contributed by atoms with Crippen molar-refractivity contribution in [3.05, 3.63) is 92.9 Å². The molecule has 0 bridgehead atoms. The molecule has 11 heteroatoms. The zero-order chi connectivity index (χ0) is 30.5. The van der Waals surface area contributed by atoms with Crippen LogP contribution in [-0.2, 0) is 13.6 Å². The third-order valence-corrected chi connectivity index (χ3v) is 8.06. The number of nitriles is 1. The van der Waals surface area contributed by atoms with E-state index in [9.17, 15) is 20.0 Å². The van der Waals surface area contributed by atoms with Gasteiger partial charge in [0, 0.05) is 48.1 Å². The van der Waals surface area contributed by atoms with Crippen molar-refractivity contribution in [2.45, 2.75) is 44.4 Å². The highest BCUT2D eigenvalue weighted by Gasteiger charge is 2.23. The summed E-state index contributed by atoms with van der Waals surface area (Å²) in [5, 5.41) is 30.7. The summed E-state index contributed by atoms with van der Waals surface area (Å²) in [4.78, 5) is 30.0. The van der Waals surface area contributed by atoms with Gasteiger partial charge in [0.15, 0.2) is 0 Å². The van der Waals surface area contributed by atoms with E-state index in [2.05, 4.69) is 21.8 Å². The molecule has 0 spiro atoms. The van der Waals surface area contributed by atoms with Gasteiger partial charge in [-0.3, -0.25) is 9.59 Å². The average molecular weight is 599 g/mol. The third kappa shape index (κ3) is 6.29. The number of rotatable bonds is 8. The molecule has 1 aliphatic rings. The molecule has 0 aliphatic heterocycles. The van der Waals surface area contributed by atoms with Crippen molar-refractivity contribution in [2.75, 3.05) is 12.4 Å². The molecule has 0 saturated heterocycles. The van der Waals surface area contributed by atoms with Gasteiger partial charge in [-0.2, -0.15) is 10.4 Å². The number of nitrogens with zero attached hydrogens (tertiary/aromatic N) is 4. The minimum Gasteiger partial charge on any atom is -0.481 e. The summed E-state index contributed by atoms with van der Waals surface area (Å²) >= 11 is 6.94. The van der Waals surface area contributed by atoms with Crippen LogP contribution >= 0.6 is 11.6 Å². The third-order valence-electron chi connectivity index (χ3n) is 7.66. The van der Waals surface area contributed by atoms with Gasteiger partial charge in [0.2, 0.25) is 5.88 Å². The van der Waals surface area contributed by atoms with Gasteiger partial charge in [-0.15, -0.1) is 0 Å². The van der Waals surface area contributed by atoms with Gasteiger partial charge in [-0.05, 0) is 31.0 Å². The van der Waals surface area contributed by atoms with Crippen molar-refractivity contribution in [1.29, 1.82) is 5.26 Å². The van der Waals surface area contributed by atoms with Crippen LogP contribution in [0, 0.1) is 11.3 Å². The van der Waals surface area contributed by atoms with Gasteiger partial charge in [-0.25, -0.2) is 9.67 Å². The molecular formula is C32H31ClN6O4. The van der Waals surface area contributed by atoms with E-state index >= 15 is 0 Å². The molecule has 43 heavy (non-hydrogen) atoms. The number of methoxy groups -OCH3 is 1. The predicted molar refractivity (Wildman–Crippen MR) is 164 cm³/mol. The SMILES string of the molecule is COc1nc(-c2cccc(-c3cccc(NC(=O)c4ccnn(C)c4=O)c3C#N)c2Cl)ccc1CN[C@@H]1CCCC[C@@H]1O. The summed E-state index contributed by atoms with van der Waals surface area (Å²) in [5.41, 5.74) is 2.94. The maximum atomic E-state index is 12.9. The van der Waals surface area contributed by atoms with E-state index in [-0.39, 0.29) is 29.0 Å². The lowest BCUT2D eigenvalue weighted by molar-refractivity contribution is 0.0901. The van der Waals surface area contributed by atoms with E-state index in [1.807, 2.05) is 24.3 Å². The number of amides is 1. The van der Waals surface area contributed by atoms with Gasteiger partial charge in [0.05, 0.1) is 35.2 Å². The molecule has 1 fully saturated rings. The predicted octanol–water partition coefficient (Wildman–Crippen LogP) is 4.69. The first-order chi connectivity index (χ1) is 20.8. The Hall–Kier alpha value is -4.56. The highest BCUT2D eigenvalue weighted by molar-refractivity contribution is 6.36. The number of hydrogen-bond acceptors (Lipinski definition) is 8. The first kappa shape index (κ1) is 29.9. The number of carbonyl (C=O) groups excluding carboxylic acids is 1. The van der Waals surface area contributed by atoms with Crippen LogP contribution in [0.1, 0.15) is 47.2 Å². The molecule has 2 aromatic carbocycles. The minimum absolute atomic E-state index is 0.0363. The fourth-order valence-corrected chi connectivity index (χ4v) is 5.65. The molecule has 220 valence electrons. The topological polar surface area (TPSA) is 142 Å². The van der Waals surface area contributed by atoms with Crippen LogP contribution in [0.5, 0.6) is 5.88 Å². The zero-order valence-electron chi connectivity index (χ0n) is 23.8. The van der Waals surface area contributed by atoms with E-state index in [4.69, 9.17) is 21.3 Å². The number of aliphatic hydroxyl groups excluding tert-OH is 1. The van der Waals surface area contributed by atoms with Crippen molar-refractivity contribution >= 4 is 23.2 Å². The van der Waals surface area contributed by atoms with E-state index in [1.54, 1.807) is 31.4 Å². The van der Waals surface area contributed by atoms with Crippen LogP contribution in [0.3, 0.4) is 0 Å². The minimum atomic E-state index is -0.652. The van der Waals surface area contributed by atoms with Crippen LogP contribution < -0.4 is 20.9 Å². The Morgan fingerprint density at radius 1 is 1.12 bits per heavy atom. The second kappa shape index (κ2) is 13.2. The van der Waals surface area contributed by atoms with E-state index in [1.165, 1.54) is 19.3 Å². The average Bonchev–Trinajstić information content (AvgIpc) is 3.02. The fourth-order valence-electron chi connectivity index (χ4n) is 5.33. The molecule has 10 nitrogen and oxygen atoms in total. The Morgan fingerprint density at radius 3 is 2.63 bits per heavy atom. The summed E-state index contributed by atoms with van der Waals surface area (Å²) in [5.74, 6) is -0.207. The molecule has 1 saturated carbocycles. The number of carbonyl (C=O) groups is 1. The number of nitrogens with one attached hydrogen (secondary N) is 2. The van der Waals surface area contributed by atoms with Gasteiger partial charge >= 0.3 is 0 Å². The number of benzene rings is 2. The number of hydrogen-bond donors (Lipinski definition) is 3. The maximum absolute atomic E-state index is 12.9. The van der Waals surface area contributed by atoms with Crippen molar-refractivity contribution in [3.63, 3.8) is 0 Å². The summed E-state index contributed by atoms with van der Waals surface area (Å²) < 4.78 is 6.67. The Kier molecular flexibility index (Phi) is 9.16. The van der Waals surface area contributed by atoms with Crippen molar-refractivity contribution in [1.82, 2.24) is 20.1 Å². The van der Waals surface area contributed by atoms with Crippen molar-refractivity contribution in [3.8, 4) is 34.3 Å². The molecule has 2 atom stereocenters. The quantitative estimate of drug-likeness (QED) is 0.265. The smallest absolute Gasteiger partial charge is 0.279 e. The monoisotopic (exact) mass is 598 g/mol. The molecule has 5 rings (SSSR count). The van der Waals surface area contributed by atoms with E-state index in [0.29, 0.717) is 39.8 Å². The molecule has 4 aromatic rings. The number of aryl methyl sites for hydroxylation is 1. The number of ether oxygens (including phenoxy) is 1. The van der Waals surface area contributed by atoms with Crippen LogP contribution in [0.15, 0.2) is 65.6 Å². The maximum Gasteiger partial charge on any atom is 0.279 e. The number of pyridine rings is 1. The van der Waals surface area contributed by atoms with Crippen LogP contribution in [0.4, 0.5) is 5.69 Å². The largest absolute Gasteiger partial charge is 0.481 e. The first-order valence-corrected chi connectivity index (χ1v) is 14.3. The van der Waals surface area contributed by atoms with Gasteiger partial charge in [0.1, 0.15) is 11.6 Å². The van der Waals surface area contributed by atoms with Crippen LogP contribution in [0.2, 0.25) is 5.02 Å². The fraction of sp³-hybridized carbons (Fsp3) is 0.281. The van der Waals surface area contributed by atoms with Crippen molar-refractivity contribution in [2.24, 2.45) is 7.05 Å². The molecular weight excluding hydrogens is 568 g/mol. The molecule has 0 unspecified atom stereocenters. The normalized spacial score (nSPS) is 16.3. The first-order valence-electron chi connectivity index (χ1n) is 13.9. The summed E-state index contributed by atoms with van der Waals surface area (Å²) in [6, 6.07) is 17.8. The number of halogens is 1. The van der Waals surface area contributed by atoms with Crippen LogP contribution in [-0.4, -0.2) is 45.0 Å². The number of aromatic nitrogens is 3. The zero-order valence-corrected chi connectivity index (χ0v) is 24.6. The molecule has 2 aromatic heterocycles. The second-order valence-electron chi connectivity index (χ2n) is 10.3. The summed E-state index contributed by atoms with van der Waals surface area (Å²) in [6.07, 6.45) is 4.85. The Bertz CT molecular complexity index is 1770. The van der Waals surface area contributed by atoms with Crippen LogP contribution in [0.25, 0.3) is 22.4 Å². The number of anilines is 1. The number of aliphatic hydroxyl groups is 1. The van der Waals surface area contributed by atoms with Gasteiger partial charge in [-0.1, -0.05) is 60.8 Å². The van der Waals surface area contributed by atoms with Crippen molar-refractivity contribution < 1.29 is 14.6 Å². The standard InChI is InChI=1S/C32H31ClN6O4/c1-39-32(42)23(15-16-36-39)30(41)37-25-11-6-7-20(24(25)17-34)21-8-5-9-22(29(21)33)26-14-13-19(31(38-26)43-2)18-35-27-10-3-4-12-28(27)40/h5-9,11,13-16,27-28,35,40H,3-4,10,12,18H2,1-2H3,(H,37,41)/t27-,28+/m1/s1. The summed E-state index contributed by atoms with van der Waals surface area (Å²) in [6.45, 7) is 0.502.